The lowest BCUT2D eigenvalue weighted by Gasteiger charge is -2.18. The van der Waals surface area contributed by atoms with Gasteiger partial charge in [0.25, 0.3) is 0 Å². The third kappa shape index (κ3) is 1.57. The van der Waals surface area contributed by atoms with Crippen molar-refractivity contribution in [1.29, 1.82) is 0 Å². The zero-order valence-electron chi connectivity index (χ0n) is 10.5. The molecule has 1 heterocycles. The minimum Gasteiger partial charge on any atom is -0.197 e. The van der Waals surface area contributed by atoms with Crippen molar-refractivity contribution in [2.75, 3.05) is 0 Å². The van der Waals surface area contributed by atoms with Gasteiger partial charge in [-0.05, 0) is 48.9 Å². The summed E-state index contributed by atoms with van der Waals surface area (Å²) in [6.07, 6.45) is 4.87. The number of aryl methyl sites for hydroxylation is 2. The summed E-state index contributed by atoms with van der Waals surface area (Å²) in [5, 5.41) is 11.3. The van der Waals surface area contributed by atoms with Gasteiger partial charge in [0.2, 0.25) is 0 Å². The Bertz CT molecular complexity index is 360. The molecule has 3 nitrogen and oxygen atoms in total. The summed E-state index contributed by atoms with van der Waals surface area (Å²) in [4.78, 5) is 0. The average molecular weight is 219 g/mol. The van der Waals surface area contributed by atoms with Gasteiger partial charge in [-0.2, -0.15) is 15.4 Å². The highest BCUT2D eigenvalue weighted by Gasteiger charge is 2.54. The molecule has 2 aliphatic carbocycles. The molecule has 0 amide bonds. The van der Waals surface area contributed by atoms with Crippen LogP contribution in [0.5, 0.6) is 0 Å². The highest BCUT2D eigenvalue weighted by atomic mass is 15.3. The van der Waals surface area contributed by atoms with Gasteiger partial charge in [-0.1, -0.05) is 20.8 Å². The Morgan fingerprint density at radius 1 is 1.00 bits per heavy atom. The van der Waals surface area contributed by atoms with E-state index in [4.69, 9.17) is 0 Å². The maximum absolute atomic E-state index is 4.26. The zero-order valence-corrected chi connectivity index (χ0v) is 10.5. The fourth-order valence-corrected chi connectivity index (χ4v) is 3.80. The van der Waals surface area contributed by atoms with Crippen molar-refractivity contribution < 1.29 is 0 Å². The first kappa shape index (κ1) is 10.3. The largest absolute Gasteiger partial charge is 0.197 e. The molecule has 0 bridgehead atoms. The summed E-state index contributed by atoms with van der Waals surface area (Å²) in [6.45, 7) is 7.17. The maximum Gasteiger partial charge on any atom is 0.0856 e. The van der Waals surface area contributed by atoms with E-state index in [9.17, 15) is 0 Å². The first-order valence-electron chi connectivity index (χ1n) is 6.46. The van der Waals surface area contributed by atoms with E-state index in [0.29, 0.717) is 5.41 Å². The second-order valence-electron chi connectivity index (χ2n) is 6.51. The third-order valence-corrected chi connectivity index (χ3v) is 4.46. The van der Waals surface area contributed by atoms with Crippen LogP contribution in [-0.4, -0.2) is 15.4 Å². The summed E-state index contributed by atoms with van der Waals surface area (Å²) in [6, 6.07) is 0. The molecule has 1 aromatic rings. The molecule has 2 unspecified atom stereocenters. The van der Waals surface area contributed by atoms with Crippen LogP contribution in [0.2, 0.25) is 0 Å². The van der Waals surface area contributed by atoms with Crippen molar-refractivity contribution >= 4 is 0 Å². The zero-order chi connectivity index (χ0) is 11.3. The van der Waals surface area contributed by atoms with Crippen molar-refractivity contribution in [2.24, 2.45) is 23.2 Å². The van der Waals surface area contributed by atoms with Gasteiger partial charge in [0.1, 0.15) is 0 Å². The van der Waals surface area contributed by atoms with Crippen molar-refractivity contribution in [3.05, 3.63) is 11.4 Å². The van der Waals surface area contributed by atoms with E-state index in [1.165, 1.54) is 24.2 Å². The number of aromatic amines is 1. The molecular weight excluding hydrogens is 198 g/mol. The van der Waals surface area contributed by atoms with Crippen LogP contribution in [0.3, 0.4) is 0 Å². The van der Waals surface area contributed by atoms with Gasteiger partial charge in [0.05, 0.1) is 11.4 Å². The van der Waals surface area contributed by atoms with E-state index < -0.39 is 0 Å². The Labute approximate surface area is 97.0 Å². The topological polar surface area (TPSA) is 41.6 Å². The summed E-state index contributed by atoms with van der Waals surface area (Å²) in [7, 11) is 0. The molecule has 0 radical (unpaired) electrons. The van der Waals surface area contributed by atoms with Gasteiger partial charge in [0, 0.05) is 0 Å². The minimum absolute atomic E-state index is 0.483. The summed E-state index contributed by atoms with van der Waals surface area (Å²) < 4.78 is 0. The number of hydrogen-bond donors (Lipinski definition) is 1. The van der Waals surface area contributed by atoms with Crippen molar-refractivity contribution in [3.63, 3.8) is 0 Å². The number of H-pyrrole nitrogens is 1. The molecule has 0 spiro atoms. The van der Waals surface area contributed by atoms with Crippen LogP contribution >= 0.6 is 0 Å². The summed E-state index contributed by atoms with van der Waals surface area (Å²) in [5.74, 6) is 2.83. The first-order chi connectivity index (χ1) is 7.57. The lowest BCUT2D eigenvalue weighted by Crippen LogP contribution is -2.10. The lowest BCUT2D eigenvalue weighted by atomic mass is 9.87. The fraction of sp³-hybridized carbons (Fsp3) is 0.846. The number of nitrogens with one attached hydrogen (secondary N) is 1. The van der Waals surface area contributed by atoms with Crippen LogP contribution in [0.15, 0.2) is 0 Å². The molecule has 88 valence electrons. The number of hydrogen-bond acceptors (Lipinski definition) is 2. The van der Waals surface area contributed by atoms with E-state index in [-0.39, 0.29) is 0 Å². The van der Waals surface area contributed by atoms with Gasteiger partial charge >= 0.3 is 0 Å². The molecule has 3 rings (SSSR count). The molecule has 2 atom stereocenters. The Balaban J connectivity index is 1.76. The Kier molecular flexibility index (Phi) is 2.13. The predicted octanol–water partition coefficient (Wildman–Crippen LogP) is 2.59. The average Bonchev–Trinajstić information content (AvgIpc) is 2.69. The van der Waals surface area contributed by atoms with Gasteiger partial charge in [-0.15, -0.1) is 0 Å². The van der Waals surface area contributed by atoms with Crippen LogP contribution in [-0.2, 0) is 12.8 Å². The number of rotatable bonds is 0. The third-order valence-electron chi connectivity index (χ3n) is 4.46. The van der Waals surface area contributed by atoms with E-state index in [2.05, 4.69) is 36.2 Å². The molecule has 1 N–H and O–H groups in total. The minimum atomic E-state index is 0.483. The fourth-order valence-electron chi connectivity index (χ4n) is 3.80. The molecule has 1 aromatic heterocycles. The molecule has 3 heteroatoms. The van der Waals surface area contributed by atoms with E-state index >= 15 is 0 Å². The molecule has 1 fully saturated rings. The number of aromatic nitrogens is 3. The first-order valence-corrected chi connectivity index (χ1v) is 6.46. The highest BCUT2D eigenvalue weighted by molar-refractivity contribution is 5.14. The van der Waals surface area contributed by atoms with Crippen LogP contribution in [0.25, 0.3) is 0 Å². The van der Waals surface area contributed by atoms with E-state index in [1.54, 1.807) is 0 Å². The Morgan fingerprint density at radius 2 is 1.50 bits per heavy atom. The van der Waals surface area contributed by atoms with E-state index in [0.717, 1.165) is 30.6 Å². The van der Waals surface area contributed by atoms with Gasteiger partial charge in [-0.3, -0.25) is 0 Å². The van der Waals surface area contributed by atoms with E-state index in [1.807, 2.05) is 0 Å². The highest BCUT2D eigenvalue weighted by Crippen LogP contribution is 2.60. The van der Waals surface area contributed by atoms with Crippen molar-refractivity contribution in [2.45, 2.75) is 46.5 Å². The van der Waals surface area contributed by atoms with Crippen LogP contribution < -0.4 is 0 Å². The smallest absolute Gasteiger partial charge is 0.0856 e. The standard InChI is InChI=1S/C13H21N3/c1-13(2,3)12-8-4-6-10-11(15-16-14-10)7-5-9(8)12/h8-9,12H,4-7H2,1-3H3,(H,14,15,16). The second-order valence-corrected chi connectivity index (χ2v) is 6.51. The number of nitrogens with zero attached hydrogens (tertiary/aromatic N) is 2. The van der Waals surface area contributed by atoms with Gasteiger partial charge in [-0.25, -0.2) is 0 Å². The number of fused-ring (bicyclic) bond motifs is 2. The predicted molar refractivity (Wildman–Crippen MR) is 62.9 cm³/mol. The molecular formula is C13H21N3. The van der Waals surface area contributed by atoms with Crippen LogP contribution in [0, 0.1) is 23.2 Å². The SMILES string of the molecule is CC(C)(C)C1C2CCc3n[nH]nc3CCC21. The summed E-state index contributed by atoms with van der Waals surface area (Å²) in [5.41, 5.74) is 2.92. The Hall–Kier alpha value is -0.860. The second kappa shape index (κ2) is 3.31. The van der Waals surface area contributed by atoms with Gasteiger partial charge in [0.15, 0.2) is 0 Å². The van der Waals surface area contributed by atoms with Crippen molar-refractivity contribution in [3.8, 4) is 0 Å². The Morgan fingerprint density at radius 3 is 1.94 bits per heavy atom. The molecule has 2 aliphatic rings. The normalized spacial score (nSPS) is 33.6. The summed E-state index contributed by atoms with van der Waals surface area (Å²) >= 11 is 0. The molecule has 1 saturated carbocycles. The molecule has 0 aliphatic heterocycles. The molecule has 0 aromatic carbocycles. The van der Waals surface area contributed by atoms with Crippen LogP contribution in [0.1, 0.15) is 45.0 Å². The van der Waals surface area contributed by atoms with Crippen molar-refractivity contribution in [1.82, 2.24) is 15.4 Å². The molecule has 0 saturated heterocycles. The maximum atomic E-state index is 4.26. The molecule has 16 heavy (non-hydrogen) atoms. The quantitative estimate of drug-likeness (QED) is 0.728. The monoisotopic (exact) mass is 219 g/mol. The van der Waals surface area contributed by atoms with Gasteiger partial charge < -0.3 is 0 Å². The van der Waals surface area contributed by atoms with Crippen LogP contribution in [0.4, 0.5) is 0 Å². The lowest BCUT2D eigenvalue weighted by molar-refractivity contribution is 0.313.